The lowest BCUT2D eigenvalue weighted by molar-refractivity contribution is -0.133. The summed E-state index contributed by atoms with van der Waals surface area (Å²) in [6.07, 6.45) is 4.34. The van der Waals surface area contributed by atoms with E-state index in [9.17, 15) is 9.59 Å². The molecule has 6 N–H and O–H groups in total. The summed E-state index contributed by atoms with van der Waals surface area (Å²) in [5.41, 5.74) is 12.3. The molecule has 3 aromatic carbocycles. The van der Waals surface area contributed by atoms with Gasteiger partial charge in [-0.2, -0.15) is 5.10 Å². The molecule has 10 heteroatoms. The number of ether oxygens (including phenoxy) is 1. The van der Waals surface area contributed by atoms with E-state index < -0.39 is 5.66 Å². The molecule has 0 radical (unpaired) electrons. The van der Waals surface area contributed by atoms with Crippen molar-refractivity contribution in [1.82, 2.24) is 15.8 Å². The standard InChI is InChI=1S/C37H47N7O3/c1-6-31(26-9-13-28(14-10-26)34(45)40-23-32(38)42-43-39)44-35(46)33(41-37(44)21-19-29(20-22-37)36(2,3)4)27-11-7-24(8-12-27)25-15-17-30(47-5)18-16-25/h7-18,29,31,43H,6,19-23,39H2,1-5H3,(H2,38,42)(H,40,45)/t29?,31-,37?/m1/s1. The molecule has 0 saturated heterocycles. The van der Waals surface area contributed by atoms with Gasteiger partial charge in [0.2, 0.25) is 0 Å². The Labute approximate surface area is 277 Å². The van der Waals surface area contributed by atoms with E-state index in [1.807, 2.05) is 65.6 Å². The number of carbonyl (C=O) groups excluding carboxylic acids is 2. The minimum Gasteiger partial charge on any atom is -0.497 e. The zero-order valence-electron chi connectivity index (χ0n) is 28.0. The van der Waals surface area contributed by atoms with Crippen LogP contribution in [0.5, 0.6) is 5.75 Å². The van der Waals surface area contributed by atoms with Crippen molar-refractivity contribution in [3.05, 3.63) is 89.5 Å². The normalized spacial score (nSPS) is 20.6. The summed E-state index contributed by atoms with van der Waals surface area (Å²) in [5.74, 6) is 6.35. The molecular formula is C37H47N7O3. The minimum atomic E-state index is -0.618. The van der Waals surface area contributed by atoms with Gasteiger partial charge in [0.25, 0.3) is 11.8 Å². The zero-order chi connectivity index (χ0) is 33.8. The Morgan fingerprint density at radius 1 is 1.00 bits per heavy atom. The Morgan fingerprint density at radius 3 is 2.11 bits per heavy atom. The first-order chi connectivity index (χ1) is 22.5. The number of carbonyl (C=O) groups is 2. The minimum absolute atomic E-state index is 0.0478. The lowest BCUT2D eigenvalue weighted by Gasteiger charge is -2.47. The Hall–Kier alpha value is -4.70. The smallest absolute Gasteiger partial charge is 0.275 e. The van der Waals surface area contributed by atoms with Gasteiger partial charge in [0.1, 0.15) is 23.0 Å². The fourth-order valence-corrected chi connectivity index (χ4v) is 6.95. The fourth-order valence-electron chi connectivity index (χ4n) is 6.95. The molecule has 1 aliphatic heterocycles. The molecule has 1 spiro atoms. The zero-order valence-corrected chi connectivity index (χ0v) is 28.0. The van der Waals surface area contributed by atoms with Crippen molar-refractivity contribution in [3.63, 3.8) is 0 Å². The second kappa shape index (κ2) is 14.0. The summed E-state index contributed by atoms with van der Waals surface area (Å²) in [6.45, 7) is 9.06. The average Bonchev–Trinajstić information content (AvgIpc) is 3.35. The largest absolute Gasteiger partial charge is 0.497 e. The average molecular weight is 638 g/mol. The van der Waals surface area contributed by atoms with Crippen LogP contribution in [0.3, 0.4) is 0 Å². The van der Waals surface area contributed by atoms with Crippen LogP contribution in [0.2, 0.25) is 0 Å². The molecule has 0 bridgehead atoms. The van der Waals surface area contributed by atoms with Crippen molar-refractivity contribution in [2.45, 2.75) is 71.5 Å². The maximum atomic E-state index is 14.5. The Balaban J connectivity index is 1.43. The number of hydrogen-bond acceptors (Lipinski definition) is 7. The van der Waals surface area contributed by atoms with Gasteiger partial charge in [-0.15, -0.1) is 0 Å². The monoisotopic (exact) mass is 637 g/mol. The molecule has 0 aromatic heterocycles. The maximum absolute atomic E-state index is 14.5. The molecule has 10 nitrogen and oxygen atoms in total. The van der Waals surface area contributed by atoms with Crippen molar-refractivity contribution < 1.29 is 14.3 Å². The van der Waals surface area contributed by atoms with E-state index in [2.05, 4.69) is 43.6 Å². The number of aliphatic imine (C=N–C) groups is 1. The number of hydrogen-bond donors (Lipinski definition) is 4. The van der Waals surface area contributed by atoms with E-state index in [0.29, 0.717) is 23.6 Å². The molecule has 1 aliphatic carbocycles. The van der Waals surface area contributed by atoms with Gasteiger partial charge in [-0.05, 0) is 84.4 Å². The van der Waals surface area contributed by atoms with Gasteiger partial charge in [-0.3, -0.25) is 14.6 Å². The second-order valence-electron chi connectivity index (χ2n) is 13.5. The lowest BCUT2D eigenvalue weighted by Crippen LogP contribution is -2.51. The molecule has 47 heavy (non-hydrogen) atoms. The van der Waals surface area contributed by atoms with Gasteiger partial charge in [0.15, 0.2) is 0 Å². The number of benzene rings is 3. The van der Waals surface area contributed by atoms with Crippen LogP contribution in [0.15, 0.2) is 82.9 Å². The summed E-state index contributed by atoms with van der Waals surface area (Å²) in [6, 6.07) is 23.3. The highest BCUT2D eigenvalue weighted by molar-refractivity contribution is 6.46. The highest BCUT2D eigenvalue weighted by Crippen LogP contribution is 2.49. The molecule has 1 heterocycles. The van der Waals surface area contributed by atoms with Crippen LogP contribution in [-0.4, -0.2) is 47.6 Å². The quantitative estimate of drug-likeness (QED) is 0.0993. The molecule has 0 unspecified atom stereocenters. The van der Waals surface area contributed by atoms with Crippen molar-refractivity contribution in [3.8, 4) is 16.9 Å². The maximum Gasteiger partial charge on any atom is 0.275 e. The predicted molar refractivity (Wildman–Crippen MR) is 187 cm³/mol. The third-order valence-electron chi connectivity index (χ3n) is 9.68. The summed E-state index contributed by atoms with van der Waals surface area (Å²) in [7, 11) is 1.66. The molecule has 1 fully saturated rings. The van der Waals surface area contributed by atoms with Gasteiger partial charge in [-0.1, -0.05) is 76.2 Å². The Morgan fingerprint density at radius 2 is 1.57 bits per heavy atom. The number of nitrogens with zero attached hydrogens (tertiary/aromatic N) is 3. The molecule has 1 saturated carbocycles. The van der Waals surface area contributed by atoms with Crippen LogP contribution in [-0.2, 0) is 4.79 Å². The summed E-state index contributed by atoms with van der Waals surface area (Å²) < 4.78 is 5.31. The predicted octanol–water partition coefficient (Wildman–Crippen LogP) is 5.54. The molecule has 5 rings (SSSR count). The Bertz CT molecular complexity index is 1620. The molecular weight excluding hydrogens is 590 g/mol. The third-order valence-corrected chi connectivity index (χ3v) is 9.68. The first kappa shape index (κ1) is 33.7. The number of nitrogens with two attached hydrogens (primary N) is 2. The van der Waals surface area contributed by atoms with Gasteiger partial charge in [-0.25, -0.2) is 11.4 Å². The van der Waals surface area contributed by atoms with Crippen molar-refractivity contribution in [2.75, 3.05) is 13.7 Å². The van der Waals surface area contributed by atoms with Gasteiger partial charge < -0.3 is 20.7 Å². The number of amidine groups is 1. The van der Waals surface area contributed by atoms with E-state index in [1.165, 1.54) is 0 Å². The van der Waals surface area contributed by atoms with E-state index in [1.54, 1.807) is 19.2 Å². The van der Waals surface area contributed by atoms with Crippen LogP contribution in [0.4, 0.5) is 0 Å². The van der Waals surface area contributed by atoms with Gasteiger partial charge >= 0.3 is 0 Å². The van der Waals surface area contributed by atoms with Crippen molar-refractivity contribution in [1.29, 1.82) is 0 Å². The summed E-state index contributed by atoms with van der Waals surface area (Å²) in [5, 5.41) is 6.39. The number of rotatable bonds is 10. The molecule has 2 aliphatic rings. The summed E-state index contributed by atoms with van der Waals surface area (Å²) in [4.78, 5) is 34.6. The number of amides is 2. The summed E-state index contributed by atoms with van der Waals surface area (Å²) >= 11 is 0. The highest BCUT2D eigenvalue weighted by Gasteiger charge is 2.52. The number of methoxy groups -OCH3 is 1. The van der Waals surface area contributed by atoms with E-state index >= 15 is 0 Å². The van der Waals surface area contributed by atoms with Crippen LogP contribution >= 0.6 is 0 Å². The molecule has 1 atom stereocenters. The third kappa shape index (κ3) is 7.17. The lowest BCUT2D eigenvalue weighted by atomic mass is 9.69. The van der Waals surface area contributed by atoms with Crippen LogP contribution < -0.4 is 27.2 Å². The van der Waals surface area contributed by atoms with Crippen LogP contribution in [0.1, 0.15) is 87.3 Å². The molecule has 248 valence electrons. The van der Waals surface area contributed by atoms with E-state index in [0.717, 1.165) is 53.7 Å². The van der Waals surface area contributed by atoms with Crippen molar-refractivity contribution >= 4 is 23.4 Å². The van der Waals surface area contributed by atoms with Gasteiger partial charge in [0, 0.05) is 11.1 Å². The van der Waals surface area contributed by atoms with E-state index in [-0.39, 0.29) is 35.7 Å². The number of nitrogens with one attached hydrogen (secondary N) is 2. The van der Waals surface area contributed by atoms with Crippen molar-refractivity contribution in [2.24, 2.45) is 33.0 Å². The van der Waals surface area contributed by atoms with E-state index in [4.69, 9.17) is 21.3 Å². The number of hydrazine groups is 1. The van der Waals surface area contributed by atoms with Gasteiger partial charge in [0.05, 0.1) is 19.7 Å². The number of hydrazone groups is 1. The topological polar surface area (TPSA) is 147 Å². The first-order valence-electron chi connectivity index (χ1n) is 16.3. The SMILES string of the molecule is CC[C@H](c1ccc(C(=O)NCC(N)=NNN)cc1)N1C(=O)C(c2ccc(-c3ccc(OC)cc3)cc2)=NC12CCC(C(C)(C)C)CC2. The first-order valence-corrected chi connectivity index (χ1v) is 16.3. The fraction of sp³-hybridized carbons (Fsp3) is 0.405. The molecule has 2 amide bonds. The highest BCUT2D eigenvalue weighted by atomic mass is 16.5. The molecule has 3 aromatic rings. The van der Waals surface area contributed by atoms with Crippen LogP contribution in [0, 0.1) is 11.3 Å². The second-order valence-corrected chi connectivity index (χ2v) is 13.5. The Kier molecular flexibility index (Phi) is 10.0. The van der Waals surface area contributed by atoms with Crippen LogP contribution in [0.25, 0.3) is 11.1 Å².